The van der Waals surface area contributed by atoms with Crippen molar-refractivity contribution in [3.05, 3.63) is 0 Å². The number of hydrogen-bond acceptors (Lipinski definition) is 2. The average Bonchev–Trinajstić information content (AvgIpc) is 2.84. The van der Waals surface area contributed by atoms with Gasteiger partial charge in [-0.1, -0.05) is 19.3 Å². The molecule has 124 valence electrons. The third-order valence-corrected chi connectivity index (χ3v) is 5.10. The molecule has 0 radical (unpaired) electrons. The molecule has 3 fully saturated rings. The number of urea groups is 2. The predicted octanol–water partition coefficient (Wildman–Crippen LogP) is 1.86. The van der Waals surface area contributed by atoms with Crippen molar-refractivity contribution in [3.8, 4) is 0 Å². The van der Waals surface area contributed by atoms with E-state index in [1.807, 2.05) is 23.6 Å². The van der Waals surface area contributed by atoms with Gasteiger partial charge in [0.1, 0.15) is 0 Å². The number of fused-ring (bicyclic) bond motifs is 1. The molecule has 22 heavy (non-hydrogen) atoms. The SMILES string of the molecule is CC(C)NC(=O)N1CCN2C(=O)N(C3CCCCC3)C[C@H]2C1. The second-order valence-electron chi connectivity index (χ2n) is 7.12. The van der Waals surface area contributed by atoms with Crippen LogP contribution in [0.2, 0.25) is 0 Å². The highest BCUT2D eigenvalue weighted by Gasteiger charge is 2.44. The molecule has 2 aliphatic heterocycles. The number of nitrogens with one attached hydrogen (secondary N) is 1. The zero-order valence-electron chi connectivity index (χ0n) is 13.8. The molecule has 4 amide bonds. The second-order valence-corrected chi connectivity index (χ2v) is 7.12. The fraction of sp³-hybridized carbons (Fsp3) is 0.875. The van der Waals surface area contributed by atoms with Gasteiger partial charge < -0.3 is 20.0 Å². The van der Waals surface area contributed by atoms with E-state index in [1.54, 1.807) is 0 Å². The second kappa shape index (κ2) is 6.34. The van der Waals surface area contributed by atoms with Crippen LogP contribution in [0.1, 0.15) is 46.0 Å². The first-order valence-electron chi connectivity index (χ1n) is 8.69. The van der Waals surface area contributed by atoms with E-state index < -0.39 is 0 Å². The van der Waals surface area contributed by atoms with Gasteiger partial charge in [0.15, 0.2) is 0 Å². The van der Waals surface area contributed by atoms with E-state index in [2.05, 4.69) is 10.2 Å². The fourth-order valence-corrected chi connectivity index (χ4v) is 3.95. The number of carbonyl (C=O) groups excluding carboxylic acids is 2. The molecular formula is C16H28N4O2. The van der Waals surface area contributed by atoms with Gasteiger partial charge in [-0.3, -0.25) is 0 Å². The van der Waals surface area contributed by atoms with Gasteiger partial charge >= 0.3 is 12.1 Å². The highest BCUT2D eigenvalue weighted by atomic mass is 16.2. The van der Waals surface area contributed by atoms with Crippen molar-refractivity contribution in [2.45, 2.75) is 64.1 Å². The van der Waals surface area contributed by atoms with Crippen LogP contribution in [0.25, 0.3) is 0 Å². The van der Waals surface area contributed by atoms with Crippen LogP contribution in [0.4, 0.5) is 9.59 Å². The molecule has 0 aromatic carbocycles. The molecule has 6 heteroatoms. The van der Waals surface area contributed by atoms with Crippen LogP contribution in [-0.4, -0.2) is 71.1 Å². The molecule has 0 bridgehead atoms. The lowest BCUT2D eigenvalue weighted by Gasteiger charge is -2.36. The standard InChI is InChI=1S/C16H28N4O2/c1-12(2)17-15(21)18-8-9-19-14(10-18)11-20(16(19)22)13-6-4-3-5-7-13/h12-14H,3-11H2,1-2H3,(H,17,21)/t14-/m1/s1. The van der Waals surface area contributed by atoms with E-state index in [4.69, 9.17) is 0 Å². The van der Waals surface area contributed by atoms with E-state index in [9.17, 15) is 9.59 Å². The molecule has 6 nitrogen and oxygen atoms in total. The van der Waals surface area contributed by atoms with E-state index in [-0.39, 0.29) is 24.1 Å². The van der Waals surface area contributed by atoms with E-state index in [1.165, 1.54) is 19.3 Å². The van der Waals surface area contributed by atoms with E-state index in [0.29, 0.717) is 25.7 Å². The van der Waals surface area contributed by atoms with Crippen LogP contribution in [-0.2, 0) is 0 Å². The van der Waals surface area contributed by atoms with Crippen LogP contribution in [0.15, 0.2) is 0 Å². The Bertz CT molecular complexity index is 434. The summed E-state index contributed by atoms with van der Waals surface area (Å²) in [6, 6.07) is 0.930. The maximum atomic E-state index is 12.6. The first-order valence-corrected chi connectivity index (χ1v) is 8.69. The van der Waals surface area contributed by atoms with Crippen molar-refractivity contribution >= 4 is 12.1 Å². The van der Waals surface area contributed by atoms with Crippen molar-refractivity contribution in [1.82, 2.24) is 20.0 Å². The zero-order valence-corrected chi connectivity index (χ0v) is 13.8. The minimum atomic E-state index is -0.00165. The Labute approximate surface area is 132 Å². The summed E-state index contributed by atoms with van der Waals surface area (Å²) in [5.74, 6) is 0. The maximum Gasteiger partial charge on any atom is 0.320 e. The fourth-order valence-electron chi connectivity index (χ4n) is 3.95. The van der Waals surface area contributed by atoms with Gasteiger partial charge in [-0.25, -0.2) is 9.59 Å². The molecular weight excluding hydrogens is 280 g/mol. The molecule has 2 heterocycles. The Hall–Kier alpha value is -1.46. The molecule has 1 aliphatic carbocycles. The molecule has 0 aromatic heterocycles. The van der Waals surface area contributed by atoms with Gasteiger partial charge in [0.2, 0.25) is 0 Å². The molecule has 0 unspecified atom stereocenters. The molecule has 3 aliphatic rings. The normalized spacial score (nSPS) is 26.6. The molecule has 1 saturated carbocycles. The summed E-state index contributed by atoms with van der Waals surface area (Å²) in [5, 5.41) is 2.95. The van der Waals surface area contributed by atoms with Crippen LogP contribution in [0.3, 0.4) is 0 Å². The highest BCUT2D eigenvalue weighted by Crippen LogP contribution is 2.29. The summed E-state index contributed by atoms with van der Waals surface area (Å²) >= 11 is 0. The van der Waals surface area contributed by atoms with Gasteiger partial charge in [-0.15, -0.1) is 0 Å². The van der Waals surface area contributed by atoms with Gasteiger partial charge in [0.05, 0.1) is 6.04 Å². The third kappa shape index (κ3) is 3.01. The molecule has 1 atom stereocenters. The largest absolute Gasteiger partial charge is 0.336 e. The first kappa shape index (κ1) is 15.4. The predicted molar refractivity (Wildman–Crippen MR) is 84.7 cm³/mol. The third-order valence-electron chi connectivity index (χ3n) is 5.10. The van der Waals surface area contributed by atoms with Gasteiger partial charge in [0.25, 0.3) is 0 Å². The molecule has 3 rings (SSSR count). The number of amides is 4. The Morgan fingerprint density at radius 2 is 1.77 bits per heavy atom. The maximum absolute atomic E-state index is 12.6. The lowest BCUT2D eigenvalue weighted by atomic mass is 9.94. The summed E-state index contributed by atoms with van der Waals surface area (Å²) in [5.41, 5.74) is 0. The summed E-state index contributed by atoms with van der Waals surface area (Å²) in [6.45, 7) is 6.69. The van der Waals surface area contributed by atoms with Crippen LogP contribution >= 0.6 is 0 Å². The average molecular weight is 308 g/mol. The number of carbonyl (C=O) groups is 2. The molecule has 0 aromatic rings. The Morgan fingerprint density at radius 3 is 2.45 bits per heavy atom. The number of piperazine rings is 1. The lowest BCUT2D eigenvalue weighted by Crippen LogP contribution is -2.56. The van der Waals surface area contributed by atoms with Crippen LogP contribution < -0.4 is 5.32 Å². The summed E-state index contributed by atoms with van der Waals surface area (Å²) in [7, 11) is 0. The van der Waals surface area contributed by atoms with Gasteiger partial charge in [0, 0.05) is 38.3 Å². The van der Waals surface area contributed by atoms with Crippen LogP contribution in [0, 0.1) is 0 Å². The van der Waals surface area contributed by atoms with Crippen molar-refractivity contribution in [2.24, 2.45) is 0 Å². The minimum Gasteiger partial charge on any atom is -0.336 e. The highest BCUT2D eigenvalue weighted by molar-refractivity contribution is 5.79. The molecule has 0 spiro atoms. The summed E-state index contributed by atoms with van der Waals surface area (Å²) in [6.07, 6.45) is 6.06. The Kier molecular flexibility index (Phi) is 4.45. The van der Waals surface area contributed by atoms with Gasteiger partial charge in [-0.05, 0) is 26.7 Å². The first-order chi connectivity index (χ1) is 10.6. The monoisotopic (exact) mass is 308 g/mol. The van der Waals surface area contributed by atoms with Crippen LogP contribution in [0.5, 0.6) is 0 Å². The molecule has 2 saturated heterocycles. The summed E-state index contributed by atoms with van der Waals surface area (Å²) in [4.78, 5) is 30.7. The van der Waals surface area contributed by atoms with E-state index in [0.717, 1.165) is 19.4 Å². The Morgan fingerprint density at radius 1 is 1.05 bits per heavy atom. The number of nitrogens with zero attached hydrogens (tertiary/aromatic N) is 3. The zero-order chi connectivity index (χ0) is 15.7. The smallest absolute Gasteiger partial charge is 0.320 e. The van der Waals surface area contributed by atoms with Crippen molar-refractivity contribution in [1.29, 1.82) is 0 Å². The molecule has 1 N–H and O–H groups in total. The topological polar surface area (TPSA) is 55.9 Å². The minimum absolute atomic E-state index is 0.00165. The quantitative estimate of drug-likeness (QED) is 0.846. The Balaban J connectivity index is 1.61. The number of hydrogen-bond donors (Lipinski definition) is 1. The number of rotatable bonds is 2. The van der Waals surface area contributed by atoms with Crippen molar-refractivity contribution in [2.75, 3.05) is 26.2 Å². The van der Waals surface area contributed by atoms with Crippen molar-refractivity contribution in [3.63, 3.8) is 0 Å². The van der Waals surface area contributed by atoms with Gasteiger partial charge in [-0.2, -0.15) is 0 Å². The van der Waals surface area contributed by atoms with E-state index >= 15 is 0 Å². The summed E-state index contributed by atoms with van der Waals surface area (Å²) < 4.78 is 0. The lowest BCUT2D eigenvalue weighted by molar-refractivity contribution is 0.127. The van der Waals surface area contributed by atoms with Crippen molar-refractivity contribution < 1.29 is 9.59 Å².